The minimum atomic E-state index is -0.657. The van der Waals surface area contributed by atoms with Gasteiger partial charge in [-0.15, -0.1) is 0 Å². The van der Waals surface area contributed by atoms with Crippen LogP contribution in [0.5, 0.6) is 5.75 Å². The fourth-order valence-corrected chi connectivity index (χ4v) is 3.00. The summed E-state index contributed by atoms with van der Waals surface area (Å²) in [7, 11) is 0. The first-order valence-corrected chi connectivity index (χ1v) is 7.64. The largest absolute Gasteiger partial charge is 0.508 e. The molecule has 24 heavy (non-hydrogen) atoms. The van der Waals surface area contributed by atoms with Crippen molar-refractivity contribution in [1.29, 1.82) is 0 Å². The van der Waals surface area contributed by atoms with Crippen LogP contribution in [0, 0.1) is 5.82 Å². The fraction of sp³-hybridized carbons (Fsp3) is 0.222. The van der Waals surface area contributed by atoms with Crippen LogP contribution in [0.2, 0.25) is 0 Å². The van der Waals surface area contributed by atoms with Gasteiger partial charge in [0.25, 0.3) is 5.91 Å². The van der Waals surface area contributed by atoms with Crippen molar-refractivity contribution in [2.24, 2.45) is 0 Å². The summed E-state index contributed by atoms with van der Waals surface area (Å²) in [4.78, 5) is 23.5. The maximum Gasteiger partial charge on any atom is 0.254 e. The Kier molecular flexibility index (Phi) is 4.20. The Balaban J connectivity index is 1.82. The molecule has 0 heterocycles. The van der Waals surface area contributed by atoms with E-state index in [2.05, 4.69) is 10.6 Å². The van der Waals surface area contributed by atoms with Crippen LogP contribution in [0.3, 0.4) is 0 Å². The molecule has 0 aromatic heterocycles. The molecule has 0 radical (unpaired) electrons. The van der Waals surface area contributed by atoms with E-state index in [1.165, 1.54) is 19.1 Å². The molecule has 3 rings (SSSR count). The lowest BCUT2D eigenvalue weighted by Crippen LogP contribution is -2.28. The Hall–Kier alpha value is -2.89. The second-order valence-electron chi connectivity index (χ2n) is 5.79. The van der Waals surface area contributed by atoms with Crippen LogP contribution in [-0.2, 0) is 11.2 Å². The number of rotatable bonds is 3. The number of carbonyl (C=O) groups excluding carboxylic acids is 2. The molecule has 0 spiro atoms. The summed E-state index contributed by atoms with van der Waals surface area (Å²) in [5.74, 6) is -1.30. The van der Waals surface area contributed by atoms with Crippen molar-refractivity contribution in [3.8, 4) is 5.75 Å². The van der Waals surface area contributed by atoms with Crippen LogP contribution in [-0.4, -0.2) is 16.9 Å². The number of phenolic OH excluding ortho intramolecular Hbond substituents is 1. The Morgan fingerprint density at radius 3 is 2.79 bits per heavy atom. The molecule has 1 aliphatic rings. The first-order chi connectivity index (χ1) is 11.5. The lowest BCUT2D eigenvalue weighted by Gasteiger charge is -2.15. The number of fused-ring (bicyclic) bond motifs is 1. The topological polar surface area (TPSA) is 78.4 Å². The maximum atomic E-state index is 14.0. The number of hydrogen-bond donors (Lipinski definition) is 3. The molecule has 0 saturated heterocycles. The van der Waals surface area contributed by atoms with Crippen molar-refractivity contribution >= 4 is 17.5 Å². The van der Waals surface area contributed by atoms with Gasteiger partial charge in [0.2, 0.25) is 5.91 Å². The number of benzene rings is 2. The summed E-state index contributed by atoms with van der Waals surface area (Å²) in [6.07, 6.45) is 1.30. The van der Waals surface area contributed by atoms with Crippen LogP contribution in [0.4, 0.5) is 10.1 Å². The van der Waals surface area contributed by atoms with Gasteiger partial charge in [0.1, 0.15) is 11.6 Å². The zero-order chi connectivity index (χ0) is 17.3. The van der Waals surface area contributed by atoms with E-state index in [-0.39, 0.29) is 23.3 Å². The predicted molar refractivity (Wildman–Crippen MR) is 87.3 cm³/mol. The highest BCUT2D eigenvalue weighted by molar-refractivity contribution is 5.97. The molecular formula is C18H17FN2O3. The van der Waals surface area contributed by atoms with Gasteiger partial charge in [-0.3, -0.25) is 9.59 Å². The molecule has 1 atom stereocenters. The third-order valence-electron chi connectivity index (χ3n) is 4.08. The van der Waals surface area contributed by atoms with Crippen LogP contribution in [0.15, 0.2) is 36.4 Å². The summed E-state index contributed by atoms with van der Waals surface area (Å²) in [5, 5.41) is 15.2. The van der Waals surface area contributed by atoms with Crippen LogP contribution in [0.25, 0.3) is 0 Å². The second-order valence-corrected chi connectivity index (χ2v) is 5.79. The molecule has 0 bridgehead atoms. The minimum absolute atomic E-state index is 0.130. The Labute approximate surface area is 138 Å². The number of aromatic hydroxyl groups is 1. The smallest absolute Gasteiger partial charge is 0.254 e. The standard InChI is InChI=1S/C18H17FN2O3/c1-10(22)20-11-5-7-15(19)14(9-11)18(24)21-16-8-6-13-12(16)3-2-4-17(13)23/h2-5,7,9,16,23H,6,8H2,1H3,(H,20,22)(H,21,24)/t16-/m1/s1. The van der Waals surface area contributed by atoms with Crippen molar-refractivity contribution in [1.82, 2.24) is 5.32 Å². The van der Waals surface area contributed by atoms with E-state index < -0.39 is 11.7 Å². The molecule has 6 heteroatoms. The second kappa shape index (κ2) is 6.31. The van der Waals surface area contributed by atoms with Gasteiger partial charge < -0.3 is 15.7 Å². The molecule has 0 aliphatic heterocycles. The molecule has 5 nitrogen and oxygen atoms in total. The minimum Gasteiger partial charge on any atom is -0.508 e. The molecule has 0 unspecified atom stereocenters. The van der Waals surface area contributed by atoms with Gasteiger partial charge in [-0.2, -0.15) is 0 Å². The SMILES string of the molecule is CC(=O)Nc1ccc(F)c(C(=O)N[C@@H]2CCc3c(O)cccc32)c1. The Bertz CT molecular complexity index is 820. The number of halogens is 1. The molecular weight excluding hydrogens is 311 g/mol. The number of phenols is 1. The van der Waals surface area contributed by atoms with Crippen LogP contribution >= 0.6 is 0 Å². The first kappa shape index (κ1) is 16.0. The van der Waals surface area contributed by atoms with Gasteiger partial charge in [-0.1, -0.05) is 12.1 Å². The van der Waals surface area contributed by atoms with E-state index in [0.29, 0.717) is 18.5 Å². The average Bonchev–Trinajstić information content (AvgIpc) is 2.93. The van der Waals surface area contributed by atoms with E-state index in [0.717, 1.165) is 17.2 Å². The lowest BCUT2D eigenvalue weighted by atomic mass is 10.1. The van der Waals surface area contributed by atoms with Crippen molar-refractivity contribution in [2.45, 2.75) is 25.8 Å². The van der Waals surface area contributed by atoms with Gasteiger partial charge >= 0.3 is 0 Å². The summed E-state index contributed by atoms with van der Waals surface area (Å²) in [6.45, 7) is 1.34. The summed E-state index contributed by atoms with van der Waals surface area (Å²) in [6, 6.07) is 8.76. The number of amides is 2. The van der Waals surface area contributed by atoms with Gasteiger partial charge in [0.15, 0.2) is 0 Å². The third-order valence-corrected chi connectivity index (χ3v) is 4.08. The van der Waals surface area contributed by atoms with E-state index in [9.17, 15) is 19.1 Å². The van der Waals surface area contributed by atoms with Gasteiger partial charge in [-0.25, -0.2) is 4.39 Å². The third kappa shape index (κ3) is 3.08. The quantitative estimate of drug-likeness (QED) is 0.810. The molecule has 124 valence electrons. The number of nitrogens with one attached hydrogen (secondary N) is 2. The zero-order valence-electron chi connectivity index (χ0n) is 13.1. The van der Waals surface area contributed by atoms with Gasteiger partial charge in [0, 0.05) is 12.6 Å². The highest BCUT2D eigenvalue weighted by atomic mass is 19.1. The normalized spacial score (nSPS) is 15.7. The molecule has 0 fully saturated rings. The number of carbonyl (C=O) groups is 2. The lowest BCUT2D eigenvalue weighted by molar-refractivity contribution is -0.114. The van der Waals surface area contributed by atoms with Crippen molar-refractivity contribution in [2.75, 3.05) is 5.32 Å². The Morgan fingerprint density at radius 1 is 1.25 bits per heavy atom. The highest BCUT2D eigenvalue weighted by Gasteiger charge is 2.27. The molecule has 2 aromatic carbocycles. The number of hydrogen-bond acceptors (Lipinski definition) is 3. The van der Waals surface area contributed by atoms with E-state index in [4.69, 9.17) is 0 Å². The number of anilines is 1. The molecule has 2 aromatic rings. The highest BCUT2D eigenvalue weighted by Crippen LogP contribution is 2.36. The average molecular weight is 328 g/mol. The molecule has 1 aliphatic carbocycles. The van der Waals surface area contributed by atoms with Crippen LogP contribution in [0.1, 0.15) is 40.9 Å². The van der Waals surface area contributed by atoms with Gasteiger partial charge in [-0.05, 0) is 48.2 Å². The van der Waals surface area contributed by atoms with E-state index >= 15 is 0 Å². The van der Waals surface area contributed by atoms with E-state index in [1.54, 1.807) is 12.1 Å². The maximum absolute atomic E-state index is 14.0. The predicted octanol–water partition coefficient (Wildman–Crippen LogP) is 2.91. The van der Waals surface area contributed by atoms with Gasteiger partial charge in [0.05, 0.1) is 11.6 Å². The Morgan fingerprint density at radius 2 is 2.04 bits per heavy atom. The van der Waals surface area contributed by atoms with Crippen molar-refractivity contribution in [3.63, 3.8) is 0 Å². The fourth-order valence-electron chi connectivity index (χ4n) is 3.00. The van der Waals surface area contributed by atoms with E-state index in [1.807, 2.05) is 6.07 Å². The first-order valence-electron chi connectivity index (χ1n) is 7.64. The zero-order valence-corrected chi connectivity index (χ0v) is 13.1. The van der Waals surface area contributed by atoms with Crippen molar-refractivity contribution < 1.29 is 19.1 Å². The monoisotopic (exact) mass is 328 g/mol. The molecule has 2 amide bonds. The van der Waals surface area contributed by atoms with Crippen molar-refractivity contribution in [3.05, 3.63) is 58.9 Å². The molecule has 3 N–H and O–H groups in total. The molecule has 0 saturated carbocycles. The summed E-state index contributed by atoms with van der Waals surface area (Å²) < 4.78 is 14.0. The summed E-state index contributed by atoms with van der Waals surface area (Å²) in [5.41, 5.74) is 1.89. The summed E-state index contributed by atoms with van der Waals surface area (Å²) >= 11 is 0. The van der Waals surface area contributed by atoms with Crippen LogP contribution < -0.4 is 10.6 Å².